The number of benzene rings is 1. The molecule has 0 aromatic heterocycles. The Morgan fingerprint density at radius 1 is 1.03 bits per heavy atom. The van der Waals surface area contributed by atoms with Gasteiger partial charge in [0.25, 0.3) is 0 Å². The van der Waals surface area contributed by atoms with Crippen molar-refractivity contribution in [3.8, 4) is 5.75 Å². The average Bonchev–Trinajstić information content (AvgIpc) is 2.89. The average molecular weight is 424 g/mol. The van der Waals surface area contributed by atoms with Crippen molar-refractivity contribution in [3.63, 3.8) is 0 Å². The fourth-order valence-corrected chi connectivity index (χ4v) is 3.14. The molecule has 1 saturated heterocycles. The Morgan fingerprint density at radius 3 is 2.10 bits per heavy atom. The summed E-state index contributed by atoms with van der Waals surface area (Å²) in [5.74, 6) is 0.709. The highest BCUT2D eigenvalue weighted by Crippen LogP contribution is 2.28. The first-order valence-corrected chi connectivity index (χ1v) is 9.99. The summed E-state index contributed by atoms with van der Waals surface area (Å²) in [6, 6.07) is 6.72. The van der Waals surface area contributed by atoms with Gasteiger partial charge in [-0.15, -0.1) is 0 Å². The van der Waals surface area contributed by atoms with Gasteiger partial charge in [-0.25, -0.2) is 9.59 Å². The number of aliphatic hydroxyl groups excluding tert-OH is 1. The van der Waals surface area contributed by atoms with Crippen molar-refractivity contribution < 1.29 is 33.6 Å². The summed E-state index contributed by atoms with van der Waals surface area (Å²) in [7, 11) is 1.58. The van der Waals surface area contributed by atoms with Gasteiger partial charge < -0.3 is 24.1 Å². The lowest BCUT2D eigenvalue weighted by molar-refractivity contribution is -0.0486. The Labute approximate surface area is 178 Å². The molecule has 0 radical (unpaired) electrons. The van der Waals surface area contributed by atoms with E-state index in [1.54, 1.807) is 48.7 Å². The minimum atomic E-state index is -1.09. The molecule has 0 bridgehead atoms. The summed E-state index contributed by atoms with van der Waals surface area (Å²) in [6.45, 7) is 10.5. The zero-order valence-corrected chi connectivity index (χ0v) is 18.8. The highest BCUT2D eigenvalue weighted by Gasteiger charge is 2.47. The van der Waals surface area contributed by atoms with E-state index in [2.05, 4.69) is 0 Å². The van der Waals surface area contributed by atoms with Gasteiger partial charge in [-0.05, 0) is 65.7 Å². The Kier molecular flexibility index (Phi) is 7.23. The van der Waals surface area contributed by atoms with Gasteiger partial charge in [-0.1, -0.05) is 12.1 Å². The molecule has 1 fully saturated rings. The fourth-order valence-electron chi connectivity index (χ4n) is 3.14. The van der Waals surface area contributed by atoms with Gasteiger partial charge in [-0.3, -0.25) is 4.90 Å². The van der Waals surface area contributed by atoms with Crippen molar-refractivity contribution in [2.24, 2.45) is 0 Å². The molecule has 1 aliphatic heterocycles. The molecule has 0 saturated carbocycles. The molecule has 1 aromatic rings. The van der Waals surface area contributed by atoms with Crippen LogP contribution in [0.5, 0.6) is 5.75 Å². The number of amides is 1. The van der Waals surface area contributed by atoms with E-state index in [0.29, 0.717) is 12.2 Å². The van der Waals surface area contributed by atoms with E-state index in [-0.39, 0.29) is 6.54 Å². The zero-order chi connectivity index (χ0) is 22.7. The summed E-state index contributed by atoms with van der Waals surface area (Å²) in [4.78, 5) is 26.3. The van der Waals surface area contributed by atoms with Gasteiger partial charge in [0.05, 0.1) is 19.7 Å². The van der Waals surface area contributed by atoms with Crippen LogP contribution in [0.1, 0.15) is 47.1 Å². The van der Waals surface area contributed by atoms with Crippen LogP contribution in [0, 0.1) is 0 Å². The number of aliphatic hydroxyl groups is 1. The Balaban J connectivity index is 2.19. The minimum Gasteiger partial charge on any atom is -0.497 e. The van der Waals surface area contributed by atoms with E-state index in [4.69, 9.17) is 18.9 Å². The van der Waals surface area contributed by atoms with Crippen LogP contribution in [0.25, 0.3) is 0 Å². The van der Waals surface area contributed by atoms with E-state index >= 15 is 0 Å². The molecule has 3 atom stereocenters. The third kappa shape index (κ3) is 6.79. The number of methoxy groups -OCH3 is 1. The molecule has 1 amide bonds. The van der Waals surface area contributed by atoms with Gasteiger partial charge in [0, 0.05) is 0 Å². The first-order valence-electron chi connectivity index (χ1n) is 9.99. The SMILES string of the molecule is COc1ccc(C[C@@H]2C(O)[C@@H](OC(=O)OC(C)(C)C)CN2C(=O)OC(C)(C)C)cc1. The van der Waals surface area contributed by atoms with Crippen molar-refractivity contribution in [1.82, 2.24) is 4.90 Å². The summed E-state index contributed by atoms with van der Waals surface area (Å²) < 4.78 is 21.2. The normalized spacial score (nSPS) is 21.9. The second-order valence-corrected chi connectivity index (χ2v) is 9.36. The molecule has 0 spiro atoms. The molecular formula is C22H33NO7. The lowest BCUT2D eigenvalue weighted by Gasteiger charge is -2.29. The topological polar surface area (TPSA) is 94.5 Å². The van der Waals surface area contributed by atoms with Gasteiger partial charge in [-0.2, -0.15) is 0 Å². The zero-order valence-electron chi connectivity index (χ0n) is 18.8. The lowest BCUT2D eigenvalue weighted by Crippen LogP contribution is -2.43. The van der Waals surface area contributed by atoms with Crippen LogP contribution in [-0.4, -0.2) is 65.4 Å². The van der Waals surface area contributed by atoms with E-state index in [0.717, 1.165) is 5.56 Å². The van der Waals surface area contributed by atoms with Gasteiger partial charge >= 0.3 is 12.2 Å². The highest BCUT2D eigenvalue weighted by molar-refractivity contribution is 5.69. The van der Waals surface area contributed by atoms with E-state index in [1.165, 1.54) is 4.90 Å². The van der Waals surface area contributed by atoms with Crippen molar-refractivity contribution in [2.75, 3.05) is 13.7 Å². The molecule has 2 rings (SSSR count). The van der Waals surface area contributed by atoms with Crippen molar-refractivity contribution in [2.45, 2.75) is 77.4 Å². The smallest absolute Gasteiger partial charge is 0.497 e. The molecule has 1 heterocycles. The van der Waals surface area contributed by atoms with E-state index in [9.17, 15) is 14.7 Å². The van der Waals surface area contributed by atoms with Gasteiger partial charge in [0.15, 0.2) is 6.10 Å². The van der Waals surface area contributed by atoms with Crippen LogP contribution in [0.4, 0.5) is 9.59 Å². The molecule has 0 aliphatic carbocycles. The van der Waals surface area contributed by atoms with Crippen LogP contribution in [-0.2, 0) is 20.6 Å². The Morgan fingerprint density at radius 2 is 1.60 bits per heavy atom. The number of rotatable bonds is 4. The molecule has 30 heavy (non-hydrogen) atoms. The molecule has 168 valence electrons. The summed E-state index contributed by atoms with van der Waals surface area (Å²) >= 11 is 0. The third-order valence-electron chi connectivity index (χ3n) is 4.42. The van der Waals surface area contributed by atoms with Crippen molar-refractivity contribution in [1.29, 1.82) is 0 Å². The maximum atomic E-state index is 12.8. The van der Waals surface area contributed by atoms with Crippen LogP contribution in [0.3, 0.4) is 0 Å². The van der Waals surface area contributed by atoms with Crippen LogP contribution in [0.2, 0.25) is 0 Å². The number of hydrogen-bond donors (Lipinski definition) is 1. The molecule has 1 aliphatic rings. The largest absolute Gasteiger partial charge is 0.509 e. The third-order valence-corrected chi connectivity index (χ3v) is 4.42. The molecule has 8 nitrogen and oxygen atoms in total. The first-order chi connectivity index (χ1) is 13.8. The van der Waals surface area contributed by atoms with Crippen molar-refractivity contribution in [3.05, 3.63) is 29.8 Å². The Hall–Kier alpha value is -2.48. The summed E-state index contributed by atoms with van der Waals surface area (Å²) in [5, 5.41) is 10.9. The fraction of sp³-hybridized carbons (Fsp3) is 0.636. The number of nitrogens with zero attached hydrogens (tertiary/aromatic N) is 1. The standard InChI is InChI=1S/C22H33NO7/c1-21(2,3)29-19(25)23-13-17(28-20(26)30-22(4,5)6)18(24)16(23)12-14-8-10-15(27-7)11-9-14/h8-11,16-18,24H,12-13H2,1-7H3/t16-,17+,18?/m1/s1. The predicted octanol–water partition coefficient (Wildman–Crippen LogP) is 3.54. The van der Waals surface area contributed by atoms with Gasteiger partial charge in [0.1, 0.15) is 23.1 Å². The number of carbonyl (C=O) groups excluding carboxylic acids is 2. The van der Waals surface area contributed by atoms with Gasteiger partial charge in [0.2, 0.25) is 0 Å². The number of hydrogen-bond acceptors (Lipinski definition) is 7. The number of ether oxygens (including phenoxy) is 4. The molecule has 8 heteroatoms. The Bertz CT molecular complexity index is 733. The van der Waals surface area contributed by atoms with Crippen molar-refractivity contribution >= 4 is 12.2 Å². The van der Waals surface area contributed by atoms with Crippen LogP contribution >= 0.6 is 0 Å². The molecular weight excluding hydrogens is 390 g/mol. The lowest BCUT2D eigenvalue weighted by atomic mass is 10.0. The maximum Gasteiger partial charge on any atom is 0.509 e. The second kappa shape index (κ2) is 9.12. The minimum absolute atomic E-state index is 0.0101. The quantitative estimate of drug-likeness (QED) is 0.740. The van der Waals surface area contributed by atoms with Crippen LogP contribution in [0.15, 0.2) is 24.3 Å². The number of carbonyl (C=O) groups is 2. The van der Waals surface area contributed by atoms with Crippen LogP contribution < -0.4 is 4.74 Å². The number of likely N-dealkylation sites (tertiary alicyclic amines) is 1. The monoisotopic (exact) mass is 423 g/mol. The summed E-state index contributed by atoms with van der Waals surface area (Å²) in [5.41, 5.74) is -0.531. The maximum absolute atomic E-state index is 12.8. The first kappa shape index (κ1) is 23.8. The second-order valence-electron chi connectivity index (χ2n) is 9.36. The predicted molar refractivity (Wildman–Crippen MR) is 111 cm³/mol. The summed E-state index contributed by atoms with van der Waals surface area (Å²) in [6.07, 6.45) is -3.11. The van der Waals surface area contributed by atoms with E-state index in [1.807, 2.05) is 24.3 Å². The molecule has 1 N–H and O–H groups in total. The molecule has 1 unspecified atom stereocenters. The highest BCUT2D eigenvalue weighted by atomic mass is 16.7. The van der Waals surface area contributed by atoms with E-state index < -0.39 is 41.7 Å². The molecule has 1 aromatic carbocycles.